The van der Waals surface area contributed by atoms with E-state index in [1.54, 1.807) is 0 Å². The summed E-state index contributed by atoms with van der Waals surface area (Å²) in [6.07, 6.45) is 5.86. The van der Waals surface area contributed by atoms with Crippen molar-refractivity contribution in [3.63, 3.8) is 0 Å². The van der Waals surface area contributed by atoms with E-state index in [1.165, 1.54) is 0 Å². The molecule has 0 unspecified atom stereocenters. The number of rotatable bonds is 6. The van der Waals surface area contributed by atoms with Crippen molar-refractivity contribution in [3.8, 4) is 0 Å². The molecule has 1 saturated heterocycles. The molecule has 0 aliphatic carbocycles. The minimum Gasteiger partial charge on any atom is -0.378 e. The molecule has 1 fully saturated rings. The van der Waals surface area contributed by atoms with Crippen LogP contribution in [0.15, 0.2) is 25.3 Å². The summed E-state index contributed by atoms with van der Waals surface area (Å²) in [5, 5.41) is 29.5. The fourth-order valence-electron chi connectivity index (χ4n) is 2.64. The maximum absolute atomic E-state index is 8.25. The van der Waals surface area contributed by atoms with E-state index in [-0.39, 0.29) is 27.3 Å². The topological polar surface area (TPSA) is 176 Å². The molecule has 35 heavy (non-hydrogen) atoms. The molecule has 1 aliphatic rings. The van der Waals surface area contributed by atoms with E-state index < -0.39 is 10.2 Å². The Morgan fingerprint density at radius 3 is 1.03 bits per heavy atom. The second kappa shape index (κ2) is 30.6. The fraction of sp³-hybridized carbons (Fsp3) is 0.800. The van der Waals surface area contributed by atoms with Crippen molar-refractivity contribution in [3.05, 3.63) is 56.0 Å². The first-order chi connectivity index (χ1) is 16.3. The summed E-state index contributed by atoms with van der Waals surface area (Å²) in [6.45, 7) is 18.6. The Balaban J connectivity index is -0.000000986. The summed E-state index contributed by atoms with van der Waals surface area (Å²) in [5.41, 5.74) is 0. The van der Waals surface area contributed by atoms with Crippen LogP contribution in [-0.2, 0) is 18.9 Å². The van der Waals surface area contributed by atoms with Crippen molar-refractivity contribution in [2.24, 2.45) is 0 Å². The van der Waals surface area contributed by atoms with Gasteiger partial charge in [-0.05, 0) is 12.8 Å². The van der Waals surface area contributed by atoms with E-state index in [2.05, 4.69) is 23.0 Å². The molecule has 0 atom stereocenters. The third kappa shape index (κ3) is 37.3. The minimum absolute atomic E-state index is 0. The molecule has 0 bridgehead atoms. The van der Waals surface area contributed by atoms with E-state index in [0.717, 1.165) is 78.5 Å². The van der Waals surface area contributed by atoms with Crippen molar-refractivity contribution >= 4 is 27.3 Å². The molecule has 0 spiro atoms. The van der Waals surface area contributed by atoms with Gasteiger partial charge in [-0.3, -0.25) is 9.80 Å². The zero-order valence-electron chi connectivity index (χ0n) is 20.3. The Hall–Kier alpha value is -1.44. The Morgan fingerprint density at radius 1 is 0.600 bits per heavy atom. The van der Waals surface area contributed by atoms with Gasteiger partial charge >= 0.3 is 27.3 Å². The second-order valence-corrected chi connectivity index (χ2v) is 6.73. The van der Waals surface area contributed by atoms with E-state index in [1.807, 2.05) is 12.2 Å². The summed E-state index contributed by atoms with van der Waals surface area (Å²) < 4.78 is 22.8. The normalized spacial score (nSPS) is 17.4. The zero-order chi connectivity index (χ0) is 25.9. The van der Waals surface area contributed by atoms with Gasteiger partial charge in [0.2, 0.25) is 0 Å². The molecule has 1 heterocycles. The largest absolute Gasteiger partial charge is 2.00 e. The predicted molar refractivity (Wildman–Crippen MR) is 132 cm³/mol. The fourth-order valence-corrected chi connectivity index (χ4v) is 2.64. The van der Waals surface area contributed by atoms with Gasteiger partial charge in [0.1, 0.15) is 0 Å². The second-order valence-electron chi connectivity index (χ2n) is 6.73. The van der Waals surface area contributed by atoms with Crippen LogP contribution in [0, 0.1) is 30.6 Å². The molecule has 0 amide bonds. The van der Waals surface area contributed by atoms with Crippen LogP contribution in [0.4, 0.5) is 0 Å². The number of ether oxygens (including phenoxy) is 4. The standard InChI is InChI=1S/C20H38N2O4.2NO3.Pb/c1-3-5-7-21-9-13-23-17-19-25-15-11-22(8-6-4-2)12-16-26-20-18-24-14-10-21;2*2-1(3)4;/h3-4H,1-2,5-20H2;;;/q;2*-1;+2. The summed E-state index contributed by atoms with van der Waals surface area (Å²) >= 11 is 0. The first kappa shape index (κ1) is 38.1. The Labute approximate surface area is 226 Å². The number of nitrogens with zero attached hydrogens (tertiary/aromatic N) is 4. The van der Waals surface area contributed by atoms with Crippen molar-refractivity contribution in [2.45, 2.75) is 12.8 Å². The van der Waals surface area contributed by atoms with Crippen molar-refractivity contribution in [1.29, 1.82) is 0 Å². The average Bonchev–Trinajstić information content (AvgIpc) is 2.76. The van der Waals surface area contributed by atoms with Crippen molar-refractivity contribution < 1.29 is 29.1 Å². The average molecular weight is 702 g/mol. The Kier molecular flexibility index (Phi) is 33.3. The van der Waals surface area contributed by atoms with Gasteiger partial charge in [0.25, 0.3) is 0 Å². The molecule has 0 N–H and O–H groups in total. The van der Waals surface area contributed by atoms with Gasteiger partial charge in [-0.1, -0.05) is 12.2 Å². The SMILES string of the molecule is C=CCCN1CCOCCOCCN(CCC=C)CCOCCOCC1.O=[N+]([O-])[O-].O=[N+]([O-])[O-].[Pb+2]. The van der Waals surface area contributed by atoms with Crippen LogP contribution in [0.2, 0.25) is 0 Å². The number of hydrogen-bond acceptors (Lipinski definition) is 12. The van der Waals surface area contributed by atoms with Gasteiger partial charge in [-0.2, -0.15) is 0 Å². The maximum Gasteiger partial charge on any atom is 2.00 e. The van der Waals surface area contributed by atoms with Crippen LogP contribution in [0.25, 0.3) is 0 Å². The monoisotopic (exact) mass is 702 g/mol. The minimum atomic E-state index is -1.75. The summed E-state index contributed by atoms with van der Waals surface area (Å²) in [6, 6.07) is 0. The molecule has 15 heteroatoms. The Bertz CT molecular complexity index is 448. The zero-order valence-corrected chi connectivity index (χ0v) is 24.1. The predicted octanol–water partition coefficient (Wildman–Crippen LogP) is 0.964. The molecule has 0 aromatic heterocycles. The maximum atomic E-state index is 8.25. The van der Waals surface area contributed by atoms with Gasteiger partial charge in [-0.25, -0.2) is 0 Å². The van der Waals surface area contributed by atoms with Crippen LogP contribution in [0.1, 0.15) is 12.8 Å². The van der Waals surface area contributed by atoms with E-state index in [9.17, 15) is 0 Å². The molecule has 0 saturated carbocycles. The first-order valence-electron chi connectivity index (χ1n) is 10.9. The first-order valence-corrected chi connectivity index (χ1v) is 10.9. The van der Waals surface area contributed by atoms with Gasteiger partial charge in [-0.15, -0.1) is 13.2 Å². The molecule has 0 aromatic rings. The molecule has 0 aromatic carbocycles. The van der Waals surface area contributed by atoms with E-state index in [4.69, 9.17) is 49.6 Å². The van der Waals surface area contributed by atoms with Crippen LogP contribution in [-0.4, -0.2) is 139 Å². The molecule has 2 radical (unpaired) electrons. The van der Waals surface area contributed by atoms with Gasteiger partial charge in [0.05, 0.1) is 63.0 Å². The van der Waals surface area contributed by atoms with Crippen LogP contribution >= 0.6 is 0 Å². The van der Waals surface area contributed by atoms with Crippen LogP contribution in [0.5, 0.6) is 0 Å². The molecular formula is C20H38N4O10Pb. The van der Waals surface area contributed by atoms with Crippen molar-refractivity contribution in [2.75, 3.05) is 92.1 Å². The summed E-state index contributed by atoms with van der Waals surface area (Å²) in [4.78, 5) is 21.2. The summed E-state index contributed by atoms with van der Waals surface area (Å²) in [7, 11) is 0. The van der Waals surface area contributed by atoms with Gasteiger partial charge in [0, 0.05) is 39.3 Å². The molecule has 1 aliphatic heterocycles. The molecule has 14 nitrogen and oxygen atoms in total. The Morgan fingerprint density at radius 2 is 0.829 bits per heavy atom. The van der Waals surface area contributed by atoms with Crippen molar-refractivity contribution in [1.82, 2.24) is 9.80 Å². The number of hydrogen-bond donors (Lipinski definition) is 0. The quantitative estimate of drug-likeness (QED) is 0.166. The molecular weight excluding hydrogens is 663 g/mol. The van der Waals surface area contributed by atoms with Gasteiger partial charge in [0.15, 0.2) is 0 Å². The molecule has 1 rings (SSSR count). The summed E-state index contributed by atoms with van der Waals surface area (Å²) in [5.74, 6) is 0. The van der Waals surface area contributed by atoms with Crippen LogP contribution < -0.4 is 0 Å². The third-order valence-corrected chi connectivity index (χ3v) is 4.25. The van der Waals surface area contributed by atoms with E-state index >= 15 is 0 Å². The molecule has 202 valence electrons. The van der Waals surface area contributed by atoms with E-state index in [0.29, 0.717) is 26.4 Å². The van der Waals surface area contributed by atoms with Gasteiger partial charge < -0.3 is 49.6 Å². The van der Waals surface area contributed by atoms with Crippen LogP contribution in [0.3, 0.4) is 0 Å². The third-order valence-electron chi connectivity index (χ3n) is 4.25. The smallest absolute Gasteiger partial charge is 0.378 e.